The van der Waals surface area contributed by atoms with Crippen molar-refractivity contribution in [2.45, 2.75) is 37.4 Å². The van der Waals surface area contributed by atoms with E-state index in [0.717, 1.165) is 24.2 Å². The molecule has 0 radical (unpaired) electrons. The minimum Gasteiger partial charge on any atom is -0.465 e. The van der Waals surface area contributed by atoms with Gasteiger partial charge in [-0.3, -0.25) is 9.36 Å². The number of nitrogens with zero attached hydrogens (tertiary/aromatic N) is 3. The van der Waals surface area contributed by atoms with Gasteiger partial charge in [-0.15, -0.1) is 28.1 Å². The smallest absolute Gasteiger partial charge is 0.337 e. The molecule has 1 aliphatic carbocycles. The van der Waals surface area contributed by atoms with E-state index in [1.165, 1.54) is 67.5 Å². The molecule has 0 spiro atoms. The van der Waals surface area contributed by atoms with E-state index >= 15 is 0 Å². The quantitative estimate of drug-likeness (QED) is 0.248. The molecule has 0 saturated heterocycles. The molecule has 11 heteroatoms. The summed E-state index contributed by atoms with van der Waals surface area (Å²) in [5.74, 6) is -0.767. The van der Waals surface area contributed by atoms with Crippen molar-refractivity contribution in [2.75, 3.05) is 25.3 Å². The minimum atomic E-state index is -0.633. The molecule has 3 aromatic rings. The van der Waals surface area contributed by atoms with Gasteiger partial charge in [-0.05, 0) is 49.4 Å². The van der Waals surface area contributed by atoms with Crippen LogP contribution in [0, 0.1) is 0 Å². The molecule has 188 valence electrons. The molecule has 1 aromatic carbocycles. The number of ether oxygens (including phenoxy) is 2. The fraction of sp³-hybridized carbons (Fsp3) is 0.320. The highest BCUT2D eigenvalue weighted by molar-refractivity contribution is 7.99. The number of benzene rings is 1. The Hall–Kier alpha value is -3.44. The van der Waals surface area contributed by atoms with Gasteiger partial charge in [0.25, 0.3) is 0 Å². The molecule has 0 fully saturated rings. The minimum absolute atomic E-state index is 0.0486. The molecule has 0 unspecified atom stereocenters. The number of nitrogens with one attached hydrogen (secondary N) is 1. The highest BCUT2D eigenvalue weighted by atomic mass is 32.2. The number of hydrogen-bond acceptors (Lipinski definition) is 9. The summed E-state index contributed by atoms with van der Waals surface area (Å²) in [5.41, 5.74) is 2.98. The third-order valence-corrected chi connectivity index (χ3v) is 7.78. The van der Waals surface area contributed by atoms with Crippen molar-refractivity contribution in [1.29, 1.82) is 0 Å². The van der Waals surface area contributed by atoms with Crippen molar-refractivity contribution in [3.05, 3.63) is 57.8 Å². The van der Waals surface area contributed by atoms with Crippen LogP contribution >= 0.6 is 23.1 Å². The Morgan fingerprint density at radius 2 is 1.81 bits per heavy atom. The summed E-state index contributed by atoms with van der Waals surface area (Å²) < 4.78 is 11.4. The second-order valence-corrected chi connectivity index (χ2v) is 9.99. The summed E-state index contributed by atoms with van der Waals surface area (Å²) in [5, 5.41) is 14.3. The van der Waals surface area contributed by atoms with Gasteiger partial charge in [0.15, 0.2) is 11.0 Å². The molecule has 0 bridgehead atoms. The number of carbonyl (C=O) groups is 3. The van der Waals surface area contributed by atoms with E-state index in [4.69, 9.17) is 9.47 Å². The molecule has 9 nitrogen and oxygen atoms in total. The zero-order valence-electron chi connectivity index (χ0n) is 20.0. The van der Waals surface area contributed by atoms with Crippen LogP contribution in [-0.4, -0.2) is 52.6 Å². The van der Waals surface area contributed by atoms with Crippen molar-refractivity contribution in [2.24, 2.45) is 0 Å². The largest absolute Gasteiger partial charge is 0.465 e. The Morgan fingerprint density at radius 1 is 1.11 bits per heavy atom. The number of esters is 2. The molecule has 36 heavy (non-hydrogen) atoms. The van der Waals surface area contributed by atoms with Gasteiger partial charge in [0.05, 0.1) is 31.1 Å². The van der Waals surface area contributed by atoms with Gasteiger partial charge >= 0.3 is 11.9 Å². The fourth-order valence-electron chi connectivity index (χ4n) is 4.07. The van der Waals surface area contributed by atoms with Crippen molar-refractivity contribution in [3.8, 4) is 11.4 Å². The molecule has 1 aliphatic rings. The van der Waals surface area contributed by atoms with Crippen molar-refractivity contribution >= 4 is 46.6 Å². The lowest BCUT2D eigenvalue weighted by molar-refractivity contribution is -0.113. The Morgan fingerprint density at radius 3 is 2.47 bits per heavy atom. The third kappa shape index (κ3) is 5.52. The number of hydrogen-bond donors (Lipinski definition) is 1. The summed E-state index contributed by atoms with van der Waals surface area (Å²) in [6, 6.07) is 4.24. The van der Waals surface area contributed by atoms with E-state index in [9.17, 15) is 14.4 Å². The zero-order valence-corrected chi connectivity index (χ0v) is 21.7. The predicted octanol–water partition coefficient (Wildman–Crippen LogP) is 4.38. The van der Waals surface area contributed by atoms with Crippen LogP contribution in [0.4, 0.5) is 5.69 Å². The van der Waals surface area contributed by atoms with Crippen molar-refractivity contribution in [3.63, 3.8) is 0 Å². The Balaban J connectivity index is 1.51. The van der Waals surface area contributed by atoms with Crippen LogP contribution in [0.3, 0.4) is 0 Å². The summed E-state index contributed by atoms with van der Waals surface area (Å²) in [6.45, 7) is 4.37. The van der Waals surface area contributed by atoms with Gasteiger partial charge in [-0.1, -0.05) is 17.8 Å². The van der Waals surface area contributed by atoms with Crippen LogP contribution < -0.4 is 5.32 Å². The van der Waals surface area contributed by atoms with Gasteiger partial charge in [0, 0.05) is 28.1 Å². The van der Waals surface area contributed by atoms with Crippen LogP contribution in [0.15, 0.2) is 41.4 Å². The standard InChI is InChI=1S/C25H26N4O5S2/c1-4-9-29-22(19-13-35-20-8-6-5-7-18(19)20)27-28-25(29)36-14-21(30)26-17-11-15(23(31)33-2)10-16(12-17)24(32)34-3/h4,10-13H,1,5-9,14H2,2-3H3,(H,26,30). The maximum absolute atomic E-state index is 12.7. The van der Waals surface area contributed by atoms with E-state index in [1.54, 1.807) is 17.4 Å². The fourth-order valence-corrected chi connectivity index (χ4v) is 5.94. The summed E-state index contributed by atoms with van der Waals surface area (Å²) in [7, 11) is 2.48. The maximum atomic E-state index is 12.7. The van der Waals surface area contributed by atoms with Gasteiger partial charge in [-0.25, -0.2) is 9.59 Å². The number of methoxy groups -OCH3 is 2. The van der Waals surface area contributed by atoms with Crippen LogP contribution in [0.1, 0.15) is 44.0 Å². The van der Waals surface area contributed by atoms with E-state index < -0.39 is 11.9 Å². The average molecular weight is 527 g/mol. The Labute approximate surface area is 216 Å². The molecule has 1 amide bonds. The predicted molar refractivity (Wildman–Crippen MR) is 139 cm³/mol. The van der Waals surface area contributed by atoms with Crippen molar-refractivity contribution in [1.82, 2.24) is 14.8 Å². The first-order chi connectivity index (χ1) is 17.4. The lowest BCUT2D eigenvalue weighted by Gasteiger charge is -2.13. The molecular formula is C25H26N4O5S2. The molecule has 2 heterocycles. The van der Waals surface area contributed by atoms with Crippen LogP contribution in [0.5, 0.6) is 0 Å². The Kier molecular flexibility index (Phi) is 8.21. The van der Waals surface area contributed by atoms with Gasteiger partial charge < -0.3 is 14.8 Å². The Bertz CT molecular complexity index is 1280. The molecular weight excluding hydrogens is 500 g/mol. The molecule has 2 aromatic heterocycles. The first kappa shape index (κ1) is 25.6. The second-order valence-electron chi connectivity index (χ2n) is 8.08. The van der Waals surface area contributed by atoms with Crippen LogP contribution in [0.25, 0.3) is 11.4 Å². The highest BCUT2D eigenvalue weighted by Crippen LogP contribution is 2.36. The zero-order chi connectivity index (χ0) is 25.7. The van der Waals surface area contributed by atoms with Crippen LogP contribution in [0.2, 0.25) is 0 Å². The van der Waals surface area contributed by atoms with E-state index in [-0.39, 0.29) is 28.5 Å². The number of allylic oxidation sites excluding steroid dienone is 1. The summed E-state index contributed by atoms with van der Waals surface area (Å²) in [4.78, 5) is 38.2. The number of amides is 1. The highest BCUT2D eigenvalue weighted by Gasteiger charge is 2.22. The van der Waals surface area contributed by atoms with E-state index in [0.29, 0.717) is 11.7 Å². The third-order valence-electron chi connectivity index (χ3n) is 5.72. The molecule has 4 rings (SSSR count). The SMILES string of the molecule is C=CCn1c(SCC(=O)Nc2cc(C(=O)OC)cc(C(=O)OC)c2)nnc1-c1csc2c1CCCC2. The number of aryl methyl sites for hydroxylation is 1. The van der Waals surface area contributed by atoms with Gasteiger partial charge in [0.2, 0.25) is 5.91 Å². The van der Waals surface area contributed by atoms with Gasteiger partial charge in [-0.2, -0.15) is 0 Å². The number of thiophene rings is 1. The monoisotopic (exact) mass is 526 g/mol. The number of carbonyl (C=O) groups excluding carboxylic acids is 3. The number of anilines is 1. The lowest BCUT2D eigenvalue weighted by atomic mass is 9.95. The van der Waals surface area contributed by atoms with Gasteiger partial charge in [0.1, 0.15) is 0 Å². The van der Waals surface area contributed by atoms with Crippen molar-refractivity contribution < 1.29 is 23.9 Å². The first-order valence-electron chi connectivity index (χ1n) is 11.3. The normalized spacial score (nSPS) is 12.5. The molecule has 0 atom stereocenters. The molecule has 0 saturated carbocycles. The number of rotatable bonds is 9. The molecule has 0 aliphatic heterocycles. The summed E-state index contributed by atoms with van der Waals surface area (Å²) in [6.07, 6.45) is 6.31. The number of thioether (sulfide) groups is 1. The average Bonchev–Trinajstić information content (AvgIpc) is 3.50. The number of fused-ring (bicyclic) bond motifs is 1. The summed E-state index contributed by atoms with van der Waals surface area (Å²) >= 11 is 3.02. The maximum Gasteiger partial charge on any atom is 0.337 e. The number of aromatic nitrogens is 3. The van der Waals surface area contributed by atoms with E-state index in [1.807, 2.05) is 4.57 Å². The topological polar surface area (TPSA) is 112 Å². The second kappa shape index (κ2) is 11.5. The van der Waals surface area contributed by atoms with Crippen LogP contribution in [-0.2, 0) is 33.7 Å². The van der Waals surface area contributed by atoms with E-state index in [2.05, 4.69) is 27.5 Å². The first-order valence-corrected chi connectivity index (χ1v) is 13.2. The molecule has 1 N–H and O–H groups in total. The lowest BCUT2D eigenvalue weighted by Crippen LogP contribution is -2.16.